The number of hydrogen-bond donors (Lipinski definition) is 0. The minimum atomic E-state index is -0.488. The zero-order valence-corrected chi connectivity index (χ0v) is 18.4. The fourth-order valence-electron chi connectivity index (χ4n) is 2.51. The van der Waals surface area contributed by atoms with Crippen molar-refractivity contribution in [1.82, 2.24) is 24.7 Å². The maximum atomic E-state index is 11.5. The fourth-order valence-corrected chi connectivity index (χ4v) is 3.36. The van der Waals surface area contributed by atoms with Crippen molar-refractivity contribution >= 4 is 35.5 Å². The van der Waals surface area contributed by atoms with E-state index in [1.54, 1.807) is 53.5 Å². The molecule has 12 heteroatoms. The highest BCUT2D eigenvalue weighted by atomic mass is 35.5. The van der Waals surface area contributed by atoms with Gasteiger partial charge < -0.3 is 13.9 Å². The number of carbonyl (C=O) groups is 1. The molecule has 0 fully saturated rings. The first-order chi connectivity index (χ1) is 15.6. The maximum Gasteiger partial charge on any atom is 0.358 e. The zero-order valence-electron chi connectivity index (χ0n) is 16.8. The van der Waals surface area contributed by atoms with E-state index in [1.807, 2.05) is 6.07 Å². The lowest BCUT2D eigenvalue weighted by atomic mass is 10.3. The van der Waals surface area contributed by atoms with Crippen molar-refractivity contribution in [2.24, 2.45) is 5.10 Å². The molecule has 0 bridgehead atoms. The first kappa shape index (κ1) is 21.7. The molecule has 0 N–H and O–H groups in total. The Hall–Kier alpha value is -3.57. The SMILES string of the molecule is COC(=O)c1ccn(CSc2nncn2N=Cc2ccc(COc3ccc(Cl)cc3)o2)n1. The van der Waals surface area contributed by atoms with Crippen LogP contribution in [0.15, 0.2) is 69.7 Å². The van der Waals surface area contributed by atoms with Gasteiger partial charge >= 0.3 is 5.97 Å². The molecule has 0 aliphatic carbocycles. The normalized spacial score (nSPS) is 11.2. The molecule has 0 aliphatic heterocycles. The average Bonchev–Trinajstić information content (AvgIpc) is 3.56. The van der Waals surface area contributed by atoms with Gasteiger partial charge in [-0.2, -0.15) is 14.9 Å². The van der Waals surface area contributed by atoms with E-state index >= 15 is 0 Å². The molecule has 1 aromatic carbocycles. The Bertz CT molecular complexity index is 1220. The summed E-state index contributed by atoms with van der Waals surface area (Å²) < 4.78 is 19.1. The number of thioether (sulfide) groups is 1. The third-order valence-electron chi connectivity index (χ3n) is 4.05. The number of methoxy groups -OCH3 is 1. The van der Waals surface area contributed by atoms with Crippen LogP contribution >= 0.6 is 23.4 Å². The predicted octanol–water partition coefficient (Wildman–Crippen LogP) is 3.72. The van der Waals surface area contributed by atoms with E-state index in [0.29, 0.717) is 33.3 Å². The van der Waals surface area contributed by atoms with Gasteiger partial charge in [-0.25, -0.2) is 4.79 Å². The molecule has 0 radical (unpaired) electrons. The van der Waals surface area contributed by atoms with Gasteiger partial charge in [0.1, 0.15) is 30.2 Å². The summed E-state index contributed by atoms with van der Waals surface area (Å²) in [5.41, 5.74) is 0.237. The number of rotatable bonds is 9. The standard InChI is InChI=1S/C20H17ClN6O4S/c1-29-19(28)18-8-9-26(25-18)13-32-20-24-22-12-27(20)23-10-16-6-7-17(31-16)11-30-15-4-2-14(21)3-5-15/h2-10,12H,11,13H2,1H3. The van der Waals surface area contributed by atoms with Crippen LogP contribution in [-0.4, -0.2) is 43.9 Å². The third-order valence-corrected chi connectivity index (χ3v) is 5.22. The molecule has 3 heterocycles. The molecule has 3 aromatic heterocycles. The molecule has 32 heavy (non-hydrogen) atoms. The van der Waals surface area contributed by atoms with Gasteiger partial charge in [-0.05, 0) is 42.5 Å². The number of furan rings is 1. The van der Waals surface area contributed by atoms with Crippen molar-refractivity contribution < 1.29 is 18.7 Å². The number of esters is 1. The Labute approximate surface area is 191 Å². The highest BCUT2D eigenvalue weighted by Gasteiger charge is 2.10. The number of carbonyl (C=O) groups excluding carboxylic acids is 1. The van der Waals surface area contributed by atoms with E-state index in [2.05, 4.69) is 25.1 Å². The molecular weight excluding hydrogens is 456 g/mol. The first-order valence-electron chi connectivity index (χ1n) is 9.27. The number of aromatic nitrogens is 5. The predicted molar refractivity (Wildman–Crippen MR) is 117 cm³/mol. The molecule has 0 saturated heterocycles. The van der Waals surface area contributed by atoms with Gasteiger partial charge in [-0.1, -0.05) is 23.4 Å². The van der Waals surface area contributed by atoms with Crippen molar-refractivity contribution in [1.29, 1.82) is 0 Å². The van der Waals surface area contributed by atoms with E-state index in [1.165, 1.54) is 29.9 Å². The first-order valence-corrected chi connectivity index (χ1v) is 10.6. The van der Waals surface area contributed by atoms with E-state index < -0.39 is 5.97 Å². The topological polar surface area (TPSA) is 110 Å². The highest BCUT2D eigenvalue weighted by molar-refractivity contribution is 7.98. The van der Waals surface area contributed by atoms with Gasteiger partial charge in [0.25, 0.3) is 0 Å². The monoisotopic (exact) mass is 472 g/mol. The molecule has 0 spiro atoms. The lowest BCUT2D eigenvalue weighted by Crippen LogP contribution is -2.04. The zero-order chi connectivity index (χ0) is 22.3. The second-order valence-corrected chi connectivity index (χ2v) is 7.60. The Morgan fingerprint density at radius 3 is 2.91 bits per heavy atom. The molecule has 0 amide bonds. The van der Waals surface area contributed by atoms with E-state index in [4.69, 9.17) is 20.8 Å². The quantitative estimate of drug-likeness (QED) is 0.206. The number of ether oxygens (including phenoxy) is 2. The third kappa shape index (κ3) is 5.56. The van der Waals surface area contributed by atoms with Crippen LogP contribution in [0, 0.1) is 0 Å². The largest absolute Gasteiger partial charge is 0.486 e. The summed E-state index contributed by atoms with van der Waals surface area (Å²) in [6, 6.07) is 12.3. The lowest BCUT2D eigenvalue weighted by Gasteiger charge is -2.03. The molecule has 10 nitrogen and oxygen atoms in total. The second kappa shape index (κ2) is 10.2. The smallest absolute Gasteiger partial charge is 0.358 e. The van der Waals surface area contributed by atoms with Crippen LogP contribution in [0.2, 0.25) is 5.02 Å². The molecule has 164 valence electrons. The van der Waals surface area contributed by atoms with E-state index in [9.17, 15) is 4.79 Å². The Morgan fingerprint density at radius 2 is 2.09 bits per heavy atom. The summed E-state index contributed by atoms with van der Waals surface area (Å²) in [6.07, 6.45) is 4.72. The summed E-state index contributed by atoms with van der Waals surface area (Å²) in [4.78, 5) is 11.5. The number of benzene rings is 1. The van der Waals surface area contributed by atoms with Crippen molar-refractivity contribution in [2.75, 3.05) is 7.11 Å². The molecule has 4 aromatic rings. The molecule has 0 aliphatic rings. The number of nitrogens with zero attached hydrogens (tertiary/aromatic N) is 6. The van der Waals surface area contributed by atoms with Crippen LogP contribution in [0.25, 0.3) is 0 Å². The average molecular weight is 473 g/mol. The molecular formula is C20H17ClN6O4S. The van der Waals surface area contributed by atoms with Gasteiger partial charge in [0, 0.05) is 11.2 Å². The fraction of sp³-hybridized carbons (Fsp3) is 0.150. The van der Waals surface area contributed by atoms with Crippen LogP contribution in [0.1, 0.15) is 22.0 Å². The van der Waals surface area contributed by atoms with Gasteiger partial charge in [0.15, 0.2) is 5.69 Å². The second-order valence-electron chi connectivity index (χ2n) is 6.25. The number of halogens is 1. The van der Waals surface area contributed by atoms with Crippen LogP contribution in [0.5, 0.6) is 5.75 Å². The van der Waals surface area contributed by atoms with Crippen LogP contribution in [-0.2, 0) is 17.2 Å². The van der Waals surface area contributed by atoms with Gasteiger partial charge in [0.2, 0.25) is 5.16 Å². The molecule has 0 unspecified atom stereocenters. The van der Waals surface area contributed by atoms with Crippen molar-refractivity contribution in [2.45, 2.75) is 17.6 Å². The van der Waals surface area contributed by atoms with Crippen molar-refractivity contribution in [3.63, 3.8) is 0 Å². The van der Waals surface area contributed by atoms with Gasteiger partial charge in [0.05, 0.1) is 19.2 Å². The van der Waals surface area contributed by atoms with Crippen molar-refractivity contribution in [3.8, 4) is 5.75 Å². The van der Waals surface area contributed by atoms with Crippen LogP contribution < -0.4 is 4.74 Å². The van der Waals surface area contributed by atoms with Gasteiger partial charge in [-0.3, -0.25) is 4.68 Å². The summed E-state index contributed by atoms with van der Waals surface area (Å²) in [6.45, 7) is 0.278. The molecule has 0 saturated carbocycles. The Kier molecular flexibility index (Phi) is 6.87. The minimum Gasteiger partial charge on any atom is -0.486 e. The van der Waals surface area contributed by atoms with E-state index in [0.717, 1.165) is 0 Å². The summed E-state index contributed by atoms with van der Waals surface area (Å²) in [5, 5.41) is 17.6. The molecule has 0 atom stereocenters. The van der Waals surface area contributed by atoms with Gasteiger partial charge in [-0.15, -0.1) is 10.2 Å². The summed E-state index contributed by atoms with van der Waals surface area (Å²) in [5.74, 6) is 1.83. The Morgan fingerprint density at radius 1 is 1.25 bits per heavy atom. The minimum absolute atomic E-state index is 0.237. The van der Waals surface area contributed by atoms with Crippen LogP contribution in [0.4, 0.5) is 0 Å². The summed E-state index contributed by atoms with van der Waals surface area (Å²) >= 11 is 7.22. The Balaban J connectivity index is 1.32. The summed E-state index contributed by atoms with van der Waals surface area (Å²) in [7, 11) is 1.31. The van der Waals surface area contributed by atoms with E-state index in [-0.39, 0.29) is 12.3 Å². The lowest BCUT2D eigenvalue weighted by molar-refractivity contribution is 0.0593. The highest BCUT2D eigenvalue weighted by Crippen LogP contribution is 2.19. The van der Waals surface area contributed by atoms with Crippen molar-refractivity contribution in [3.05, 3.63) is 77.2 Å². The maximum absolute atomic E-state index is 11.5. The molecule has 4 rings (SSSR count). The number of hydrogen-bond acceptors (Lipinski definition) is 9. The van der Waals surface area contributed by atoms with Crippen LogP contribution in [0.3, 0.4) is 0 Å².